The van der Waals surface area contributed by atoms with Crippen molar-refractivity contribution < 1.29 is 18.9 Å². The number of rotatable bonds is 11. The van der Waals surface area contributed by atoms with E-state index in [0.29, 0.717) is 5.92 Å². The average molecular weight is 471 g/mol. The molecule has 0 radical (unpaired) electrons. The summed E-state index contributed by atoms with van der Waals surface area (Å²) in [6, 6.07) is 4.59. The maximum atomic E-state index is 6.88. The lowest BCUT2D eigenvalue weighted by Gasteiger charge is -2.35. The van der Waals surface area contributed by atoms with Crippen LogP contribution in [0.3, 0.4) is 0 Å². The molecule has 0 N–H and O–H groups in total. The Morgan fingerprint density at radius 2 is 1.38 bits per heavy atom. The molecule has 0 saturated heterocycles. The molecule has 0 bridgehead atoms. The Morgan fingerprint density at radius 1 is 0.824 bits per heavy atom. The second-order valence-corrected chi connectivity index (χ2v) is 10.8. The largest absolute Gasteiger partial charge is 0.462 e. The fourth-order valence-corrected chi connectivity index (χ4v) is 6.18. The fraction of sp³-hybridized carbons (Fsp3) is 0.733. The first-order valence-corrected chi connectivity index (χ1v) is 13.8. The normalized spacial score (nSPS) is 23.6. The minimum absolute atomic E-state index is 0.300. The first kappa shape index (κ1) is 25.6. The Labute approximate surface area is 207 Å². The molecule has 0 spiro atoms. The molecule has 0 heterocycles. The highest BCUT2D eigenvalue weighted by molar-refractivity contribution is 5.53. The Balaban J connectivity index is 1.79. The minimum atomic E-state index is -0.520. The van der Waals surface area contributed by atoms with Gasteiger partial charge in [-0.1, -0.05) is 31.4 Å². The van der Waals surface area contributed by atoms with Crippen molar-refractivity contribution in [1.29, 1.82) is 0 Å². The summed E-state index contributed by atoms with van der Waals surface area (Å²) in [5.41, 5.74) is 3.96. The summed E-state index contributed by atoms with van der Waals surface area (Å²) in [5, 5.41) is 0. The molecule has 2 saturated carbocycles. The van der Waals surface area contributed by atoms with Gasteiger partial charge in [0.2, 0.25) is 11.6 Å². The fourth-order valence-electron chi connectivity index (χ4n) is 6.18. The van der Waals surface area contributed by atoms with Gasteiger partial charge < -0.3 is 18.9 Å². The first-order chi connectivity index (χ1) is 16.5. The van der Waals surface area contributed by atoms with E-state index >= 15 is 0 Å². The topological polar surface area (TPSA) is 36.9 Å². The van der Waals surface area contributed by atoms with Crippen LogP contribution in [0.5, 0.6) is 11.5 Å². The van der Waals surface area contributed by atoms with Crippen LogP contribution in [0, 0.1) is 0 Å². The number of hydrogen-bond acceptors (Lipinski definition) is 4. The quantitative estimate of drug-likeness (QED) is 0.185. The second kappa shape index (κ2) is 11.5. The predicted octanol–water partition coefficient (Wildman–Crippen LogP) is 8.22. The van der Waals surface area contributed by atoms with Gasteiger partial charge in [0.05, 0.1) is 0 Å². The highest BCUT2D eigenvalue weighted by Gasteiger charge is 2.40. The maximum Gasteiger partial charge on any atom is 0.210 e. The van der Waals surface area contributed by atoms with E-state index in [2.05, 4.69) is 32.1 Å². The van der Waals surface area contributed by atoms with Gasteiger partial charge in [-0.3, -0.25) is 0 Å². The lowest BCUT2D eigenvalue weighted by molar-refractivity contribution is -0.161. The number of hydrogen-bond donors (Lipinski definition) is 0. The number of allylic oxidation sites excluding steroid dienone is 2. The minimum Gasteiger partial charge on any atom is -0.462 e. The SMILES string of the molecule is CCCCCc1cc(OC2(OC)CCCC2)c(C2C=C(C)CCC2)c(OC2(OC)CCCC2)c1. The van der Waals surface area contributed by atoms with E-state index in [1.807, 2.05) is 0 Å². The van der Waals surface area contributed by atoms with Gasteiger partial charge in [-0.15, -0.1) is 0 Å². The zero-order valence-electron chi connectivity index (χ0n) is 22.0. The molecule has 1 aromatic carbocycles. The third-order valence-electron chi connectivity index (χ3n) is 8.24. The van der Waals surface area contributed by atoms with Gasteiger partial charge in [-0.2, -0.15) is 0 Å². The average Bonchev–Trinajstić information content (AvgIpc) is 3.50. The molecule has 1 unspecified atom stereocenters. The van der Waals surface area contributed by atoms with Gasteiger partial charge in [-0.05, 0) is 82.4 Å². The molecule has 4 nitrogen and oxygen atoms in total. The summed E-state index contributed by atoms with van der Waals surface area (Å²) < 4.78 is 25.8. The van der Waals surface area contributed by atoms with Crippen LogP contribution in [-0.2, 0) is 15.9 Å². The molecule has 190 valence electrons. The number of methoxy groups -OCH3 is 2. The van der Waals surface area contributed by atoms with Crippen LogP contribution in [0.2, 0.25) is 0 Å². The zero-order chi connectivity index (χ0) is 24.0. The number of benzene rings is 1. The van der Waals surface area contributed by atoms with Gasteiger partial charge in [0, 0.05) is 51.4 Å². The van der Waals surface area contributed by atoms with Gasteiger partial charge in [0.1, 0.15) is 11.5 Å². The molecule has 1 aromatic rings. The summed E-state index contributed by atoms with van der Waals surface area (Å²) >= 11 is 0. The van der Waals surface area contributed by atoms with Crippen molar-refractivity contribution >= 4 is 0 Å². The molecule has 3 aliphatic carbocycles. The Hall–Kier alpha value is -1.52. The smallest absolute Gasteiger partial charge is 0.210 e. The van der Waals surface area contributed by atoms with Crippen molar-refractivity contribution in [3.8, 4) is 11.5 Å². The molecule has 4 heteroatoms. The van der Waals surface area contributed by atoms with E-state index in [1.165, 1.54) is 48.8 Å². The van der Waals surface area contributed by atoms with Crippen LogP contribution >= 0.6 is 0 Å². The summed E-state index contributed by atoms with van der Waals surface area (Å²) in [7, 11) is 3.60. The van der Waals surface area contributed by atoms with E-state index in [9.17, 15) is 0 Å². The summed E-state index contributed by atoms with van der Waals surface area (Å²) in [6.07, 6.45) is 19.0. The molecule has 4 rings (SSSR count). The molecule has 0 aromatic heterocycles. The molecular weight excluding hydrogens is 424 g/mol. The molecule has 0 amide bonds. The number of unbranched alkanes of at least 4 members (excludes halogenated alkanes) is 2. The van der Waals surface area contributed by atoms with Crippen LogP contribution in [-0.4, -0.2) is 25.8 Å². The maximum absolute atomic E-state index is 6.88. The van der Waals surface area contributed by atoms with Crippen LogP contribution < -0.4 is 9.47 Å². The molecule has 1 atom stereocenters. The lowest BCUT2D eigenvalue weighted by atomic mass is 9.84. The van der Waals surface area contributed by atoms with Gasteiger partial charge >= 0.3 is 0 Å². The van der Waals surface area contributed by atoms with Crippen molar-refractivity contribution in [1.82, 2.24) is 0 Å². The molecule has 2 fully saturated rings. The summed E-state index contributed by atoms with van der Waals surface area (Å²) in [5.74, 6) is 1.19. The van der Waals surface area contributed by atoms with E-state index in [1.54, 1.807) is 14.2 Å². The molecule has 0 aliphatic heterocycles. The second-order valence-electron chi connectivity index (χ2n) is 10.8. The summed E-state index contributed by atoms with van der Waals surface area (Å²) in [6.45, 7) is 4.52. The monoisotopic (exact) mass is 470 g/mol. The third-order valence-corrected chi connectivity index (χ3v) is 8.24. The van der Waals surface area contributed by atoms with Crippen LogP contribution in [0.1, 0.15) is 121 Å². The van der Waals surface area contributed by atoms with Crippen molar-refractivity contribution in [3.63, 3.8) is 0 Å². The highest BCUT2D eigenvalue weighted by atomic mass is 16.7. The summed E-state index contributed by atoms with van der Waals surface area (Å²) in [4.78, 5) is 0. The van der Waals surface area contributed by atoms with Gasteiger partial charge in [0.15, 0.2) is 0 Å². The Kier molecular flexibility index (Phi) is 8.63. The van der Waals surface area contributed by atoms with Crippen LogP contribution in [0.15, 0.2) is 23.8 Å². The Bertz CT molecular complexity index is 783. The number of aryl methyl sites for hydroxylation is 1. The zero-order valence-corrected chi connectivity index (χ0v) is 22.0. The van der Waals surface area contributed by atoms with E-state index < -0.39 is 11.6 Å². The molecule has 3 aliphatic rings. The van der Waals surface area contributed by atoms with E-state index in [0.717, 1.165) is 75.7 Å². The van der Waals surface area contributed by atoms with E-state index in [-0.39, 0.29) is 0 Å². The first-order valence-electron chi connectivity index (χ1n) is 13.8. The van der Waals surface area contributed by atoms with Crippen molar-refractivity contribution in [2.24, 2.45) is 0 Å². The highest BCUT2D eigenvalue weighted by Crippen LogP contribution is 2.48. The predicted molar refractivity (Wildman–Crippen MR) is 138 cm³/mol. The standard InChI is InChI=1S/C30H46O4/c1-5-6-7-14-24-21-26(33-29(31-3)16-8-9-17-29)28(25-15-12-13-23(2)20-25)27(22-24)34-30(32-4)18-10-11-19-30/h20-22,25H,5-19H2,1-4H3. The Morgan fingerprint density at radius 3 is 1.85 bits per heavy atom. The van der Waals surface area contributed by atoms with Crippen molar-refractivity contribution in [2.75, 3.05) is 14.2 Å². The molecule has 34 heavy (non-hydrogen) atoms. The lowest BCUT2D eigenvalue weighted by Crippen LogP contribution is -2.36. The van der Waals surface area contributed by atoms with Crippen LogP contribution in [0.4, 0.5) is 0 Å². The van der Waals surface area contributed by atoms with Crippen molar-refractivity contribution in [2.45, 2.75) is 128 Å². The van der Waals surface area contributed by atoms with Crippen molar-refractivity contribution in [3.05, 3.63) is 34.9 Å². The van der Waals surface area contributed by atoms with Gasteiger partial charge in [-0.25, -0.2) is 0 Å². The third kappa shape index (κ3) is 5.82. The molecular formula is C30H46O4. The van der Waals surface area contributed by atoms with Crippen LogP contribution in [0.25, 0.3) is 0 Å². The van der Waals surface area contributed by atoms with E-state index in [4.69, 9.17) is 18.9 Å². The number of ether oxygens (including phenoxy) is 4. The van der Waals surface area contributed by atoms with Gasteiger partial charge in [0.25, 0.3) is 0 Å².